The summed E-state index contributed by atoms with van der Waals surface area (Å²) in [4.78, 5) is 20.0. The molecule has 0 bridgehead atoms. The van der Waals surface area contributed by atoms with Gasteiger partial charge in [-0.25, -0.2) is 18.4 Å². The van der Waals surface area contributed by atoms with Crippen molar-refractivity contribution in [1.82, 2.24) is 24.6 Å². The zero-order chi connectivity index (χ0) is 27.0. The van der Waals surface area contributed by atoms with Crippen molar-refractivity contribution in [2.45, 2.75) is 18.7 Å². The summed E-state index contributed by atoms with van der Waals surface area (Å²) in [5, 5.41) is 15.6. The Hall–Kier alpha value is -3.61. The Morgan fingerprint density at radius 2 is 2.00 bits per heavy atom. The van der Waals surface area contributed by atoms with Gasteiger partial charge in [0, 0.05) is 39.4 Å². The maximum atomic E-state index is 14.1. The van der Waals surface area contributed by atoms with E-state index in [1.807, 2.05) is 29.2 Å². The number of β-amino-alcohol motifs (C(OH)–C–C–N with tert-alkyl or cyclic N) is 1. The van der Waals surface area contributed by atoms with Crippen LogP contribution in [-0.4, -0.2) is 94.3 Å². The number of aliphatic hydroxyl groups is 1. The zero-order valence-electron chi connectivity index (χ0n) is 21.1. The van der Waals surface area contributed by atoms with Crippen LogP contribution in [-0.2, 0) is 22.6 Å². The number of nitrogens with zero attached hydrogens (tertiary/aromatic N) is 5. The molecule has 204 valence electrons. The van der Waals surface area contributed by atoms with Crippen molar-refractivity contribution in [2.75, 3.05) is 53.1 Å². The van der Waals surface area contributed by atoms with Gasteiger partial charge in [-0.3, -0.25) is 9.69 Å². The van der Waals surface area contributed by atoms with E-state index in [9.17, 15) is 18.7 Å². The molecule has 1 unspecified atom stereocenters. The normalized spacial score (nSPS) is 18.3. The van der Waals surface area contributed by atoms with Gasteiger partial charge in [0.15, 0.2) is 11.6 Å². The van der Waals surface area contributed by atoms with E-state index < -0.39 is 17.2 Å². The molecule has 1 N–H and O–H groups in total. The summed E-state index contributed by atoms with van der Waals surface area (Å²) < 4.78 is 45.5. The minimum atomic E-state index is -1.52. The molecule has 1 saturated heterocycles. The van der Waals surface area contributed by atoms with E-state index in [-0.39, 0.29) is 38.0 Å². The molecular weight excluding hydrogens is 500 g/mol. The predicted octanol–water partition coefficient (Wildman–Crippen LogP) is 1.74. The number of halogens is 2. The van der Waals surface area contributed by atoms with Crippen molar-refractivity contribution >= 4 is 5.91 Å². The molecule has 12 heteroatoms. The first kappa shape index (κ1) is 27.4. The van der Waals surface area contributed by atoms with Crippen molar-refractivity contribution in [3.8, 4) is 11.5 Å². The lowest BCUT2D eigenvalue weighted by molar-refractivity contribution is -0.138. The average Bonchev–Trinajstić information content (AvgIpc) is 3.34. The quantitative estimate of drug-likeness (QED) is 0.399. The molecule has 0 aliphatic carbocycles. The van der Waals surface area contributed by atoms with Crippen LogP contribution >= 0.6 is 0 Å². The smallest absolute Gasteiger partial charge is 0.248 e. The van der Waals surface area contributed by atoms with Gasteiger partial charge in [-0.1, -0.05) is 12.1 Å². The average molecular weight is 532 g/mol. The van der Waals surface area contributed by atoms with Crippen molar-refractivity contribution in [3.05, 3.63) is 72.3 Å². The summed E-state index contributed by atoms with van der Waals surface area (Å²) in [7, 11) is 1.43. The summed E-state index contributed by atoms with van der Waals surface area (Å²) in [5.41, 5.74) is -0.570. The third-order valence-corrected chi connectivity index (χ3v) is 6.06. The summed E-state index contributed by atoms with van der Waals surface area (Å²) >= 11 is 0. The highest BCUT2D eigenvalue weighted by Crippen LogP contribution is 2.23. The molecule has 38 heavy (non-hydrogen) atoms. The fourth-order valence-corrected chi connectivity index (χ4v) is 4.30. The number of amides is 1. The number of aromatic nitrogens is 3. The van der Waals surface area contributed by atoms with E-state index in [0.29, 0.717) is 44.6 Å². The minimum absolute atomic E-state index is 0.0278. The van der Waals surface area contributed by atoms with Crippen LogP contribution in [0.2, 0.25) is 0 Å². The highest BCUT2D eigenvalue weighted by molar-refractivity contribution is 5.77. The number of methoxy groups -OCH3 is 1. The lowest BCUT2D eigenvalue weighted by Crippen LogP contribution is -2.52. The van der Waals surface area contributed by atoms with E-state index in [1.54, 1.807) is 11.0 Å². The molecule has 0 radical (unpaired) electrons. The maximum absolute atomic E-state index is 14.1. The van der Waals surface area contributed by atoms with Crippen LogP contribution < -0.4 is 9.47 Å². The van der Waals surface area contributed by atoms with Gasteiger partial charge in [0.05, 0.1) is 13.1 Å². The zero-order valence-corrected chi connectivity index (χ0v) is 21.1. The SMILES string of the molecule is COCC(=O)N1CCN(Cc2cccc(OCCn3cncn3)c2)CC(O)(COc2ccc(F)cc2F)C1. The molecule has 0 saturated carbocycles. The monoisotopic (exact) mass is 531 g/mol. The Labute approximate surface area is 219 Å². The maximum Gasteiger partial charge on any atom is 0.248 e. The van der Waals surface area contributed by atoms with Crippen LogP contribution in [0.15, 0.2) is 55.1 Å². The first-order chi connectivity index (χ1) is 18.3. The highest BCUT2D eigenvalue weighted by Gasteiger charge is 2.37. The van der Waals surface area contributed by atoms with Crippen molar-refractivity contribution in [1.29, 1.82) is 0 Å². The van der Waals surface area contributed by atoms with Gasteiger partial charge in [-0.15, -0.1) is 0 Å². The van der Waals surface area contributed by atoms with Crippen LogP contribution in [0.3, 0.4) is 0 Å². The Bertz CT molecular complexity index is 1200. The molecule has 1 aliphatic rings. The van der Waals surface area contributed by atoms with E-state index in [2.05, 4.69) is 10.1 Å². The molecule has 10 nitrogen and oxygen atoms in total. The van der Waals surface area contributed by atoms with Crippen molar-refractivity contribution in [2.24, 2.45) is 0 Å². The lowest BCUT2D eigenvalue weighted by Gasteiger charge is -2.33. The summed E-state index contributed by atoms with van der Waals surface area (Å²) in [6.45, 7) is 2.01. The van der Waals surface area contributed by atoms with Crippen LogP contribution in [0.5, 0.6) is 11.5 Å². The molecule has 4 rings (SSSR count). The van der Waals surface area contributed by atoms with Gasteiger partial charge in [0.2, 0.25) is 5.91 Å². The molecule has 1 aliphatic heterocycles. The fourth-order valence-electron chi connectivity index (χ4n) is 4.30. The van der Waals surface area contributed by atoms with Crippen LogP contribution in [0.25, 0.3) is 0 Å². The summed E-state index contributed by atoms with van der Waals surface area (Å²) in [6, 6.07) is 10.6. The van der Waals surface area contributed by atoms with Gasteiger partial charge < -0.3 is 24.2 Å². The van der Waals surface area contributed by atoms with Gasteiger partial charge >= 0.3 is 0 Å². The molecule has 1 fully saturated rings. The number of rotatable bonds is 11. The van der Waals surface area contributed by atoms with Gasteiger partial charge in [0.1, 0.15) is 49.6 Å². The predicted molar refractivity (Wildman–Crippen MR) is 132 cm³/mol. The molecular formula is C26H31F2N5O5. The Kier molecular flexibility index (Phi) is 9.21. The Morgan fingerprint density at radius 1 is 1.13 bits per heavy atom. The summed E-state index contributed by atoms with van der Waals surface area (Å²) in [6.07, 6.45) is 3.09. The molecule has 3 aromatic rings. The summed E-state index contributed by atoms with van der Waals surface area (Å²) in [5.74, 6) is -1.36. The van der Waals surface area contributed by atoms with E-state index in [4.69, 9.17) is 14.2 Å². The molecule has 2 heterocycles. The van der Waals surface area contributed by atoms with Crippen LogP contribution in [0, 0.1) is 11.6 Å². The third-order valence-electron chi connectivity index (χ3n) is 6.06. The second-order valence-electron chi connectivity index (χ2n) is 9.20. The second-order valence-corrected chi connectivity index (χ2v) is 9.20. The number of hydrogen-bond acceptors (Lipinski definition) is 8. The Morgan fingerprint density at radius 3 is 2.76 bits per heavy atom. The first-order valence-corrected chi connectivity index (χ1v) is 12.2. The van der Waals surface area contributed by atoms with Crippen LogP contribution in [0.4, 0.5) is 8.78 Å². The standard InChI is InChI=1S/C26H31F2N5O5/c1-36-14-25(34)32-8-7-31(15-26(35,16-32)17-38-24-6-5-21(27)12-23(24)28)13-20-3-2-4-22(11-20)37-10-9-33-19-29-18-30-33/h2-6,11-12,18-19,35H,7-10,13-17H2,1H3. The molecule has 1 atom stereocenters. The van der Waals surface area contributed by atoms with Crippen molar-refractivity contribution in [3.63, 3.8) is 0 Å². The minimum Gasteiger partial charge on any atom is -0.492 e. The van der Waals surface area contributed by atoms with Crippen LogP contribution in [0.1, 0.15) is 5.56 Å². The number of benzene rings is 2. The topological polar surface area (TPSA) is 102 Å². The second kappa shape index (κ2) is 12.8. The lowest BCUT2D eigenvalue weighted by atomic mass is 10.0. The van der Waals surface area contributed by atoms with Crippen molar-refractivity contribution < 1.29 is 32.9 Å². The molecule has 0 spiro atoms. The highest BCUT2D eigenvalue weighted by atomic mass is 19.1. The molecule has 2 aromatic carbocycles. The van der Waals surface area contributed by atoms with Gasteiger partial charge in [-0.05, 0) is 29.8 Å². The number of carbonyl (C=O) groups excluding carboxylic acids is 1. The Balaban J connectivity index is 1.43. The van der Waals surface area contributed by atoms with Gasteiger partial charge in [-0.2, -0.15) is 5.10 Å². The number of carbonyl (C=O) groups is 1. The largest absolute Gasteiger partial charge is 0.492 e. The molecule has 1 aromatic heterocycles. The number of hydrogen-bond donors (Lipinski definition) is 1. The van der Waals surface area contributed by atoms with Gasteiger partial charge in [0.25, 0.3) is 0 Å². The first-order valence-electron chi connectivity index (χ1n) is 12.2. The number of ether oxygens (including phenoxy) is 3. The third kappa shape index (κ3) is 7.70. The molecule has 1 amide bonds. The van der Waals surface area contributed by atoms with E-state index in [1.165, 1.54) is 24.4 Å². The van der Waals surface area contributed by atoms with E-state index in [0.717, 1.165) is 11.6 Å². The van der Waals surface area contributed by atoms with E-state index >= 15 is 0 Å². The fraction of sp³-hybridized carbons (Fsp3) is 0.423.